The van der Waals surface area contributed by atoms with E-state index in [2.05, 4.69) is 15.4 Å². The first-order chi connectivity index (χ1) is 15.3. The molecule has 0 atom stereocenters. The maximum Gasteiger partial charge on any atom is 0.261 e. The molecule has 0 aliphatic heterocycles. The molecule has 0 unspecified atom stereocenters. The normalized spacial score (nSPS) is 10.8. The van der Waals surface area contributed by atoms with Gasteiger partial charge in [-0.15, -0.1) is 0 Å². The molecule has 0 radical (unpaired) electrons. The second kappa shape index (κ2) is 10.3. The minimum Gasteiger partial charge on any atom is -0.497 e. The summed E-state index contributed by atoms with van der Waals surface area (Å²) in [5.74, 6) is 0.394. The van der Waals surface area contributed by atoms with E-state index in [0.29, 0.717) is 17.1 Å². The van der Waals surface area contributed by atoms with E-state index in [4.69, 9.17) is 17.0 Å². The highest BCUT2D eigenvalue weighted by molar-refractivity contribution is 7.92. The summed E-state index contributed by atoms with van der Waals surface area (Å²) in [4.78, 5) is 12.3. The molecule has 0 saturated carbocycles. The molecule has 3 rings (SSSR count). The summed E-state index contributed by atoms with van der Waals surface area (Å²) < 4.78 is 32.8. The van der Waals surface area contributed by atoms with Gasteiger partial charge in [0.25, 0.3) is 10.0 Å². The van der Waals surface area contributed by atoms with E-state index >= 15 is 0 Å². The molecule has 0 bridgehead atoms. The number of hydrogen-bond donors (Lipinski definition) is 3. The molecule has 3 aromatic rings. The maximum absolute atomic E-state index is 12.6. The molecule has 0 saturated heterocycles. The SMILES string of the molecule is COc1ccc(NS(=O)(=O)c2ccc(NC(=S)NC(=O)Cc3ccccc3C)cc2)cc1. The van der Waals surface area contributed by atoms with E-state index in [0.717, 1.165) is 11.1 Å². The minimum absolute atomic E-state index is 0.0911. The van der Waals surface area contributed by atoms with Crippen LogP contribution < -0.4 is 20.1 Å². The number of ether oxygens (including phenoxy) is 1. The lowest BCUT2D eigenvalue weighted by molar-refractivity contribution is -0.119. The number of rotatable bonds is 7. The Hall–Kier alpha value is -3.43. The van der Waals surface area contributed by atoms with Crippen LogP contribution in [0, 0.1) is 6.92 Å². The van der Waals surface area contributed by atoms with Crippen molar-refractivity contribution < 1.29 is 17.9 Å². The van der Waals surface area contributed by atoms with Crippen molar-refractivity contribution >= 4 is 44.6 Å². The molecular weight excluding hydrogens is 446 g/mol. The molecule has 0 aromatic heterocycles. The van der Waals surface area contributed by atoms with Crippen molar-refractivity contribution in [3.05, 3.63) is 83.9 Å². The molecule has 9 heteroatoms. The number of benzene rings is 3. The maximum atomic E-state index is 12.6. The number of carbonyl (C=O) groups is 1. The highest BCUT2D eigenvalue weighted by Gasteiger charge is 2.14. The van der Waals surface area contributed by atoms with Crippen LogP contribution in [0.25, 0.3) is 0 Å². The lowest BCUT2D eigenvalue weighted by Crippen LogP contribution is -2.35. The average Bonchev–Trinajstić information content (AvgIpc) is 2.76. The molecule has 1 amide bonds. The van der Waals surface area contributed by atoms with Gasteiger partial charge >= 0.3 is 0 Å². The molecule has 0 fully saturated rings. The van der Waals surface area contributed by atoms with Gasteiger partial charge in [-0.2, -0.15) is 0 Å². The Morgan fingerprint density at radius 2 is 1.56 bits per heavy atom. The summed E-state index contributed by atoms with van der Waals surface area (Å²) in [6.45, 7) is 1.94. The molecule has 0 aliphatic carbocycles. The fourth-order valence-corrected chi connectivity index (χ4v) is 4.20. The molecule has 0 spiro atoms. The van der Waals surface area contributed by atoms with Gasteiger partial charge < -0.3 is 15.4 Å². The van der Waals surface area contributed by atoms with Gasteiger partial charge in [-0.05, 0) is 78.8 Å². The van der Waals surface area contributed by atoms with Crippen LogP contribution in [0.1, 0.15) is 11.1 Å². The van der Waals surface area contributed by atoms with Crippen LogP contribution in [-0.4, -0.2) is 26.5 Å². The first kappa shape index (κ1) is 23.2. The number of hydrogen-bond acceptors (Lipinski definition) is 5. The van der Waals surface area contributed by atoms with Crippen LogP contribution in [0.15, 0.2) is 77.7 Å². The summed E-state index contributed by atoms with van der Waals surface area (Å²) >= 11 is 5.19. The number of thiocarbonyl (C=S) groups is 1. The van der Waals surface area contributed by atoms with E-state index in [9.17, 15) is 13.2 Å². The van der Waals surface area contributed by atoms with E-state index in [-0.39, 0.29) is 22.3 Å². The summed E-state index contributed by atoms with van der Waals surface area (Å²) in [5.41, 5.74) is 2.92. The summed E-state index contributed by atoms with van der Waals surface area (Å²) in [6, 6.07) is 20.2. The smallest absolute Gasteiger partial charge is 0.261 e. The van der Waals surface area contributed by atoms with Crippen LogP contribution in [0.4, 0.5) is 11.4 Å². The molecule has 7 nitrogen and oxygen atoms in total. The van der Waals surface area contributed by atoms with Crippen molar-refractivity contribution in [1.29, 1.82) is 0 Å². The summed E-state index contributed by atoms with van der Waals surface area (Å²) in [5, 5.41) is 5.65. The van der Waals surface area contributed by atoms with Gasteiger partial charge in [0.2, 0.25) is 5.91 Å². The molecule has 0 aliphatic rings. The molecule has 3 aromatic carbocycles. The quantitative estimate of drug-likeness (QED) is 0.455. The van der Waals surface area contributed by atoms with Gasteiger partial charge in [-0.3, -0.25) is 9.52 Å². The molecule has 0 heterocycles. The van der Waals surface area contributed by atoms with Crippen LogP contribution >= 0.6 is 12.2 Å². The zero-order valence-corrected chi connectivity index (χ0v) is 19.2. The average molecular weight is 470 g/mol. The topological polar surface area (TPSA) is 96.5 Å². The van der Waals surface area contributed by atoms with E-state index in [1.54, 1.807) is 36.4 Å². The monoisotopic (exact) mass is 469 g/mol. The second-order valence-corrected chi connectivity index (χ2v) is 9.05. The number of nitrogens with one attached hydrogen (secondary N) is 3. The van der Waals surface area contributed by atoms with Gasteiger partial charge in [0.15, 0.2) is 5.11 Å². The highest BCUT2D eigenvalue weighted by Crippen LogP contribution is 2.20. The van der Waals surface area contributed by atoms with Crippen LogP contribution in [0.3, 0.4) is 0 Å². The third-order valence-electron chi connectivity index (χ3n) is 4.63. The van der Waals surface area contributed by atoms with Crippen molar-refractivity contribution in [3.8, 4) is 5.75 Å². The van der Waals surface area contributed by atoms with Crippen molar-refractivity contribution in [3.63, 3.8) is 0 Å². The number of anilines is 2. The van der Waals surface area contributed by atoms with Gasteiger partial charge in [0, 0.05) is 11.4 Å². The third-order valence-corrected chi connectivity index (χ3v) is 6.23. The number of methoxy groups -OCH3 is 1. The number of amides is 1. The zero-order chi connectivity index (χ0) is 23.1. The van der Waals surface area contributed by atoms with Gasteiger partial charge in [-0.1, -0.05) is 24.3 Å². The standard InChI is InChI=1S/C23H23N3O4S2/c1-16-5-3-4-6-17(16)15-22(27)25-23(31)24-18-9-13-21(14-10-18)32(28,29)26-19-7-11-20(30-2)12-8-19/h3-14,26H,15H2,1-2H3,(H2,24,25,27,31). The number of carbonyl (C=O) groups excluding carboxylic acids is 1. The Bertz CT molecular complexity index is 1210. The van der Waals surface area contributed by atoms with Crippen LogP contribution in [0.5, 0.6) is 5.75 Å². The largest absolute Gasteiger partial charge is 0.497 e. The summed E-state index contributed by atoms with van der Waals surface area (Å²) in [7, 11) is -2.22. The predicted octanol–water partition coefficient (Wildman–Crippen LogP) is 3.86. The van der Waals surface area contributed by atoms with Gasteiger partial charge in [0.1, 0.15) is 5.75 Å². The Balaban J connectivity index is 1.57. The molecular formula is C23H23N3O4S2. The fourth-order valence-electron chi connectivity index (χ4n) is 2.91. The fraction of sp³-hybridized carbons (Fsp3) is 0.130. The lowest BCUT2D eigenvalue weighted by atomic mass is 10.1. The first-order valence-corrected chi connectivity index (χ1v) is 11.6. The minimum atomic E-state index is -3.76. The highest BCUT2D eigenvalue weighted by atomic mass is 32.2. The number of aryl methyl sites for hydroxylation is 1. The van der Waals surface area contributed by atoms with E-state index < -0.39 is 10.0 Å². The number of sulfonamides is 1. The van der Waals surface area contributed by atoms with Crippen molar-refractivity contribution in [1.82, 2.24) is 5.32 Å². The summed E-state index contributed by atoms with van der Waals surface area (Å²) in [6.07, 6.45) is 0.211. The van der Waals surface area contributed by atoms with E-state index in [1.807, 2.05) is 31.2 Å². The second-order valence-electron chi connectivity index (χ2n) is 6.96. The van der Waals surface area contributed by atoms with Crippen LogP contribution in [0.2, 0.25) is 0 Å². The Morgan fingerprint density at radius 1 is 0.938 bits per heavy atom. The van der Waals surface area contributed by atoms with Crippen LogP contribution in [-0.2, 0) is 21.2 Å². The van der Waals surface area contributed by atoms with Crippen molar-refractivity contribution in [2.75, 3.05) is 17.1 Å². The van der Waals surface area contributed by atoms with Gasteiger partial charge in [-0.25, -0.2) is 8.42 Å². The Labute approximate surface area is 192 Å². The third kappa shape index (κ3) is 6.29. The first-order valence-electron chi connectivity index (χ1n) is 9.69. The van der Waals surface area contributed by atoms with Gasteiger partial charge in [0.05, 0.1) is 18.4 Å². The Morgan fingerprint density at radius 3 is 2.19 bits per heavy atom. The molecule has 166 valence electrons. The van der Waals surface area contributed by atoms with E-state index in [1.165, 1.54) is 19.2 Å². The lowest BCUT2D eigenvalue weighted by Gasteiger charge is -2.12. The molecule has 3 N–H and O–H groups in total. The van der Waals surface area contributed by atoms with Crippen molar-refractivity contribution in [2.24, 2.45) is 0 Å². The zero-order valence-electron chi connectivity index (χ0n) is 17.6. The van der Waals surface area contributed by atoms with Crippen molar-refractivity contribution in [2.45, 2.75) is 18.2 Å². The molecule has 32 heavy (non-hydrogen) atoms. The Kier molecular flexibility index (Phi) is 7.45. The predicted molar refractivity (Wildman–Crippen MR) is 129 cm³/mol.